The molecule has 0 saturated heterocycles. The minimum absolute atomic E-state index is 0.0771. The van der Waals surface area contributed by atoms with Crippen molar-refractivity contribution in [1.82, 2.24) is 9.97 Å². The number of nitrogens with zero attached hydrogens (tertiary/aromatic N) is 2. The smallest absolute Gasteiger partial charge is 0.317 e. The lowest BCUT2D eigenvalue weighted by atomic mass is 9.91. The zero-order valence-corrected chi connectivity index (χ0v) is 9.82. The van der Waals surface area contributed by atoms with Crippen LogP contribution >= 0.6 is 0 Å². The van der Waals surface area contributed by atoms with E-state index in [1.807, 2.05) is 6.07 Å². The molecular formula is C12H16N2O2. The molecule has 1 aromatic rings. The molecule has 0 amide bonds. The van der Waals surface area contributed by atoms with Gasteiger partial charge in [-0.2, -0.15) is 0 Å². The highest BCUT2D eigenvalue weighted by molar-refractivity contribution is 5.83. The van der Waals surface area contributed by atoms with Crippen LogP contribution in [0.4, 0.5) is 0 Å². The Morgan fingerprint density at radius 1 is 1.44 bits per heavy atom. The molecule has 4 heteroatoms. The molecule has 0 atom stereocenters. The Kier molecular flexibility index (Phi) is 2.26. The highest BCUT2D eigenvalue weighted by Gasteiger charge is 2.54. The summed E-state index contributed by atoms with van der Waals surface area (Å²) in [5.74, 6) is -0.342. The summed E-state index contributed by atoms with van der Waals surface area (Å²) in [7, 11) is 0. The van der Waals surface area contributed by atoms with Gasteiger partial charge in [0, 0.05) is 17.3 Å². The molecule has 16 heavy (non-hydrogen) atoms. The minimum atomic E-state index is -0.807. The second-order valence-electron chi connectivity index (χ2n) is 5.40. The topological polar surface area (TPSA) is 63.1 Å². The van der Waals surface area contributed by atoms with Gasteiger partial charge in [0.05, 0.1) is 0 Å². The summed E-state index contributed by atoms with van der Waals surface area (Å²) in [6.07, 6.45) is 2.96. The van der Waals surface area contributed by atoms with Gasteiger partial charge in [-0.1, -0.05) is 20.8 Å². The monoisotopic (exact) mass is 220 g/mol. The van der Waals surface area contributed by atoms with Crippen LogP contribution in [0, 0.1) is 0 Å². The van der Waals surface area contributed by atoms with Crippen molar-refractivity contribution in [3.63, 3.8) is 0 Å². The second-order valence-corrected chi connectivity index (χ2v) is 5.40. The summed E-state index contributed by atoms with van der Waals surface area (Å²) in [5, 5.41) is 9.17. The van der Waals surface area contributed by atoms with Crippen LogP contribution in [0.1, 0.15) is 45.1 Å². The number of carboxylic acids is 1. The van der Waals surface area contributed by atoms with E-state index < -0.39 is 11.4 Å². The third-order valence-electron chi connectivity index (χ3n) is 3.01. The van der Waals surface area contributed by atoms with Crippen molar-refractivity contribution in [2.45, 2.75) is 44.4 Å². The first-order chi connectivity index (χ1) is 7.36. The average Bonchev–Trinajstić information content (AvgIpc) is 2.97. The van der Waals surface area contributed by atoms with Gasteiger partial charge < -0.3 is 5.11 Å². The van der Waals surface area contributed by atoms with Crippen LogP contribution in [0.5, 0.6) is 0 Å². The Morgan fingerprint density at radius 2 is 2.06 bits per heavy atom. The molecule has 0 radical (unpaired) electrons. The van der Waals surface area contributed by atoms with E-state index >= 15 is 0 Å². The molecule has 1 fully saturated rings. The third kappa shape index (κ3) is 1.68. The highest BCUT2D eigenvalue weighted by atomic mass is 16.4. The Bertz CT molecular complexity index is 431. The lowest BCUT2D eigenvalue weighted by Crippen LogP contribution is -2.25. The Hall–Kier alpha value is -1.45. The van der Waals surface area contributed by atoms with E-state index in [-0.39, 0.29) is 5.41 Å². The van der Waals surface area contributed by atoms with Gasteiger partial charge in [-0.05, 0) is 18.9 Å². The van der Waals surface area contributed by atoms with E-state index in [4.69, 9.17) is 0 Å². The Labute approximate surface area is 94.7 Å². The molecule has 1 N–H and O–H groups in total. The molecule has 0 bridgehead atoms. The van der Waals surface area contributed by atoms with Gasteiger partial charge in [0.15, 0.2) is 0 Å². The van der Waals surface area contributed by atoms with Crippen LogP contribution in [0.3, 0.4) is 0 Å². The standard InChI is InChI=1S/C12H16N2O2/c1-11(2,3)8-4-7-13-9(14-8)12(5-6-12)10(15)16/h4,7H,5-6H2,1-3H3,(H,15,16). The van der Waals surface area contributed by atoms with Gasteiger partial charge >= 0.3 is 5.97 Å². The van der Waals surface area contributed by atoms with E-state index in [0.717, 1.165) is 5.69 Å². The predicted octanol–water partition coefficient (Wildman–Crippen LogP) is 1.89. The zero-order valence-electron chi connectivity index (χ0n) is 9.82. The molecule has 86 valence electrons. The van der Waals surface area contributed by atoms with Gasteiger partial charge in [0.1, 0.15) is 11.2 Å². The minimum Gasteiger partial charge on any atom is -0.480 e. The fourth-order valence-corrected chi connectivity index (χ4v) is 1.67. The van der Waals surface area contributed by atoms with Crippen molar-refractivity contribution in [3.8, 4) is 0 Å². The SMILES string of the molecule is CC(C)(C)c1ccnc(C2(C(=O)O)CC2)n1. The summed E-state index contributed by atoms with van der Waals surface area (Å²) in [6.45, 7) is 6.17. The lowest BCUT2D eigenvalue weighted by Gasteiger charge is -2.19. The molecule has 0 aromatic carbocycles. The maximum absolute atomic E-state index is 11.2. The summed E-state index contributed by atoms with van der Waals surface area (Å²) >= 11 is 0. The van der Waals surface area contributed by atoms with Crippen LogP contribution in [0.15, 0.2) is 12.3 Å². The highest BCUT2D eigenvalue weighted by Crippen LogP contribution is 2.46. The summed E-state index contributed by atoms with van der Waals surface area (Å²) in [4.78, 5) is 19.7. The molecule has 1 heterocycles. The van der Waals surface area contributed by atoms with Crippen molar-refractivity contribution in [3.05, 3.63) is 23.8 Å². The van der Waals surface area contributed by atoms with Crippen molar-refractivity contribution in [2.24, 2.45) is 0 Å². The molecule has 4 nitrogen and oxygen atoms in total. The predicted molar refractivity (Wildman–Crippen MR) is 59.3 cm³/mol. The number of hydrogen-bond acceptors (Lipinski definition) is 3. The summed E-state index contributed by atoms with van der Waals surface area (Å²) in [6, 6.07) is 1.85. The Balaban J connectivity index is 2.41. The zero-order chi connectivity index (χ0) is 12.0. The lowest BCUT2D eigenvalue weighted by molar-refractivity contribution is -0.140. The van der Waals surface area contributed by atoms with Crippen molar-refractivity contribution < 1.29 is 9.90 Å². The quantitative estimate of drug-likeness (QED) is 0.826. The maximum Gasteiger partial charge on any atom is 0.317 e. The number of hydrogen-bond donors (Lipinski definition) is 1. The molecule has 1 aromatic heterocycles. The van der Waals surface area contributed by atoms with E-state index in [1.54, 1.807) is 6.20 Å². The molecule has 0 aliphatic heterocycles. The summed E-state index contributed by atoms with van der Waals surface area (Å²) < 4.78 is 0. The first-order valence-corrected chi connectivity index (χ1v) is 5.44. The Morgan fingerprint density at radius 3 is 2.50 bits per heavy atom. The van der Waals surface area contributed by atoms with Gasteiger partial charge in [0.25, 0.3) is 0 Å². The molecule has 1 aliphatic rings. The van der Waals surface area contributed by atoms with Crippen LogP contribution in [-0.4, -0.2) is 21.0 Å². The number of rotatable bonds is 2. The van der Waals surface area contributed by atoms with Crippen LogP contribution in [0.25, 0.3) is 0 Å². The third-order valence-corrected chi connectivity index (χ3v) is 3.01. The molecule has 0 spiro atoms. The molecular weight excluding hydrogens is 204 g/mol. The van der Waals surface area contributed by atoms with Gasteiger partial charge in [0.2, 0.25) is 0 Å². The molecule has 1 aliphatic carbocycles. The van der Waals surface area contributed by atoms with E-state index in [1.165, 1.54) is 0 Å². The maximum atomic E-state index is 11.2. The van der Waals surface area contributed by atoms with Crippen molar-refractivity contribution in [1.29, 1.82) is 0 Å². The first kappa shape index (κ1) is 11.0. The van der Waals surface area contributed by atoms with E-state index in [2.05, 4.69) is 30.7 Å². The largest absolute Gasteiger partial charge is 0.480 e. The second kappa shape index (κ2) is 3.27. The van der Waals surface area contributed by atoms with Crippen LogP contribution in [-0.2, 0) is 15.6 Å². The normalized spacial score (nSPS) is 18.2. The van der Waals surface area contributed by atoms with E-state index in [0.29, 0.717) is 18.7 Å². The van der Waals surface area contributed by atoms with Crippen LogP contribution in [0.2, 0.25) is 0 Å². The number of carbonyl (C=O) groups is 1. The molecule has 1 saturated carbocycles. The van der Waals surface area contributed by atoms with Gasteiger partial charge in [-0.15, -0.1) is 0 Å². The van der Waals surface area contributed by atoms with E-state index in [9.17, 15) is 9.90 Å². The number of carboxylic acid groups (broad SMARTS) is 1. The van der Waals surface area contributed by atoms with Crippen molar-refractivity contribution >= 4 is 5.97 Å². The number of aliphatic carboxylic acids is 1. The molecule has 0 unspecified atom stereocenters. The first-order valence-electron chi connectivity index (χ1n) is 5.44. The average molecular weight is 220 g/mol. The molecule has 2 rings (SSSR count). The van der Waals surface area contributed by atoms with Gasteiger partial charge in [-0.3, -0.25) is 4.79 Å². The fourth-order valence-electron chi connectivity index (χ4n) is 1.67. The fraction of sp³-hybridized carbons (Fsp3) is 0.583. The van der Waals surface area contributed by atoms with Gasteiger partial charge in [-0.25, -0.2) is 9.97 Å². The summed E-state index contributed by atoms with van der Waals surface area (Å²) in [5.41, 5.74) is 0.0121. The van der Waals surface area contributed by atoms with Crippen LogP contribution < -0.4 is 0 Å². The number of aromatic nitrogens is 2. The van der Waals surface area contributed by atoms with Crippen molar-refractivity contribution in [2.75, 3.05) is 0 Å².